The monoisotopic (exact) mass is 273 g/mol. The highest BCUT2D eigenvalue weighted by molar-refractivity contribution is 5.88. The van der Waals surface area contributed by atoms with E-state index in [2.05, 4.69) is 35.5 Å². The third kappa shape index (κ3) is 2.65. The molecule has 108 valence electrons. The molecular formula is C16H23N3O. The van der Waals surface area contributed by atoms with Gasteiger partial charge < -0.3 is 5.32 Å². The number of aromatic nitrogens is 1. The van der Waals surface area contributed by atoms with Crippen LogP contribution in [0.4, 0.5) is 10.6 Å². The lowest BCUT2D eigenvalue weighted by molar-refractivity contribution is 0.163. The molecule has 2 aliphatic carbocycles. The van der Waals surface area contributed by atoms with E-state index in [0.717, 1.165) is 18.5 Å². The van der Waals surface area contributed by atoms with Crippen molar-refractivity contribution in [2.75, 3.05) is 5.32 Å². The average Bonchev–Trinajstić information content (AvgIpc) is 2.71. The Labute approximate surface area is 120 Å². The van der Waals surface area contributed by atoms with E-state index in [1.54, 1.807) is 0 Å². The third-order valence-corrected chi connectivity index (χ3v) is 4.73. The van der Waals surface area contributed by atoms with E-state index in [0.29, 0.717) is 11.7 Å². The predicted molar refractivity (Wildman–Crippen MR) is 79.8 cm³/mol. The maximum atomic E-state index is 12.1. The van der Waals surface area contributed by atoms with Gasteiger partial charge in [-0.2, -0.15) is 0 Å². The Balaban J connectivity index is 1.61. The van der Waals surface area contributed by atoms with E-state index in [-0.39, 0.29) is 11.6 Å². The molecule has 2 N–H and O–H groups in total. The molecule has 4 heteroatoms. The van der Waals surface area contributed by atoms with Gasteiger partial charge in [-0.15, -0.1) is 0 Å². The van der Waals surface area contributed by atoms with Crippen LogP contribution in [0.25, 0.3) is 0 Å². The zero-order chi connectivity index (χ0) is 14.2. The Morgan fingerprint density at radius 2 is 2.05 bits per heavy atom. The molecule has 4 nitrogen and oxygen atoms in total. The maximum Gasteiger partial charge on any atom is 0.320 e. The van der Waals surface area contributed by atoms with Crippen molar-refractivity contribution in [3.8, 4) is 0 Å². The van der Waals surface area contributed by atoms with Crippen LogP contribution in [-0.2, 0) is 12.8 Å². The molecule has 0 atom stereocenters. The number of pyridine rings is 1. The van der Waals surface area contributed by atoms with Crippen LogP contribution in [0.3, 0.4) is 0 Å². The average molecular weight is 273 g/mol. The summed E-state index contributed by atoms with van der Waals surface area (Å²) in [5, 5.41) is 5.95. The van der Waals surface area contributed by atoms with Gasteiger partial charge in [0.15, 0.2) is 0 Å². The predicted octanol–water partition coefficient (Wildman–Crippen LogP) is 3.27. The summed E-state index contributed by atoms with van der Waals surface area (Å²) in [5.74, 6) is 1.26. The Kier molecular flexibility index (Phi) is 3.40. The number of hydrogen-bond acceptors (Lipinski definition) is 2. The van der Waals surface area contributed by atoms with Crippen molar-refractivity contribution in [3.05, 3.63) is 23.4 Å². The zero-order valence-corrected chi connectivity index (χ0v) is 12.3. The molecule has 20 heavy (non-hydrogen) atoms. The SMILES string of the molecule is CC(C)(NC(=O)Nc1ccc2c(n1)CCC2)C1CCC1. The molecule has 0 aromatic carbocycles. The lowest BCUT2D eigenvalue weighted by Gasteiger charge is -2.40. The first-order valence-corrected chi connectivity index (χ1v) is 7.62. The lowest BCUT2D eigenvalue weighted by atomic mass is 9.73. The fraction of sp³-hybridized carbons (Fsp3) is 0.625. The van der Waals surface area contributed by atoms with E-state index in [9.17, 15) is 4.79 Å². The largest absolute Gasteiger partial charge is 0.333 e. The van der Waals surface area contributed by atoms with Crippen molar-refractivity contribution in [2.45, 2.75) is 57.9 Å². The number of anilines is 1. The van der Waals surface area contributed by atoms with Crippen LogP contribution >= 0.6 is 0 Å². The van der Waals surface area contributed by atoms with Crippen molar-refractivity contribution in [1.82, 2.24) is 10.3 Å². The molecular weight excluding hydrogens is 250 g/mol. The third-order valence-electron chi connectivity index (χ3n) is 4.73. The minimum absolute atomic E-state index is 0.140. The van der Waals surface area contributed by atoms with Gasteiger partial charge in [0.2, 0.25) is 0 Å². The van der Waals surface area contributed by atoms with E-state index < -0.39 is 0 Å². The van der Waals surface area contributed by atoms with E-state index in [1.807, 2.05) is 6.07 Å². The fourth-order valence-corrected chi connectivity index (χ4v) is 3.16. The van der Waals surface area contributed by atoms with Crippen LogP contribution in [0.5, 0.6) is 0 Å². The summed E-state index contributed by atoms with van der Waals surface area (Å²) in [5.41, 5.74) is 2.32. The Bertz CT molecular complexity index is 520. The number of nitrogens with one attached hydrogen (secondary N) is 2. The van der Waals surface area contributed by atoms with Crippen LogP contribution in [0.15, 0.2) is 12.1 Å². The summed E-state index contributed by atoms with van der Waals surface area (Å²) < 4.78 is 0. The molecule has 0 aliphatic heterocycles. The molecule has 1 saturated carbocycles. The fourth-order valence-electron chi connectivity index (χ4n) is 3.16. The molecule has 0 saturated heterocycles. The smallest absolute Gasteiger partial charge is 0.320 e. The Hall–Kier alpha value is -1.58. The van der Waals surface area contributed by atoms with Gasteiger partial charge in [0.1, 0.15) is 5.82 Å². The van der Waals surface area contributed by atoms with Crippen molar-refractivity contribution < 1.29 is 4.79 Å². The number of carbonyl (C=O) groups excluding carboxylic acids is 1. The molecule has 0 bridgehead atoms. The number of aryl methyl sites for hydroxylation is 2. The molecule has 2 amide bonds. The highest BCUT2D eigenvalue weighted by Crippen LogP contribution is 2.35. The van der Waals surface area contributed by atoms with Gasteiger partial charge in [-0.25, -0.2) is 9.78 Å². The molecule has 0 unspecified atom stereocenters. The number of nitrogens with zero attached hydrogens (tertiary/aromatic N) is 1. The number of urea groups is 1. The molecule has 1 aromatic rings. The van der Waals surface area contributed by atoms with Gasteiger partial charge in [0.25, 0.3) is 0 Å². The molecule has 3 rings (SSSR count). The van der Waals surface area contributed by atoms with Gasteiger partial charge in [-0.1, -0.05) is 12.5 Å². The van der Waals surface area contributed by atoms with Gasteiger partial charge in [-0.05, 0) is 63.5 Å². The number of rotatable bonds is 3. The first-order chi connectivity index (χ1) is 9.54. The Morgan fingerprint density at radius 3 is 2.75 bits per heavy atom. The number of carbonyl (C=O) groups is 1. The summed E-state index contributed by atoms with van der Waals surface area (Å²) in [4.78, 5) is 16.6. The summed E-state index contributed by atoms with van der Waals surface area (Å²) in [7, 11) is 0. The van der Waals surface area contributed by atoms with E-state index in [1.165, 1.54) is 31.2 Å². The van der Waals surface area contributed by atoms with Gasteiger partial charge >= 0.3 is 6.03 Å². The normalized spacial score (nSPS) is 18.3. The minimum Gasteiger partial charge on any atom is -0.333 e. The molecule has 1 fully saturated rings. The number of amides is 2. The maximum absolute atomic E-state index is 12.1. The molecule has 0 spiro atoms. The molecule has 1 aromatic heterocycles. The van der Waals surface area contributed by atoms with Gasteiger partial charge in [0.05, 0.1) is 0 Å². The van der Waals surface area contributed by atoms with Crippen LogP contribution in [0.2, 0.25) is 0 Å². The first kappa shape index (κ1) is 13.4. The summed E-state index contributed by atoms with van der Waals surface area (Å²) in [6.07, 6.45) is 7.02. The Morgan fingerprint density at radius 1 is 1.25 bits per heavy atom. The van der Waals surface area contributed by atoms with Crippen molar-refractivity contribution in [3.63, 3.8) is 0 Å². The minimum atomic E-state index is -0.146. The van der Waals surface area contributed by atoms with Crippen LogP contribution in [0, 0.1) is 5.92 Å². The van der Waals surface area contributed by atoms with Crippen LogP contribution in [0.1, 0.15) is 50.8 Å². The van der Waals surface area contributed by atoms with Crippen LogP contribution < -0.4 is 10.6 Å². The number of fused-ring (bicyclic) bond motifs is 1. The van der Waals surface area contributed by atoms with E-state index in [4.69, 9.17) is 0 Å². The second-order valence-electron chi connectivity index (χ2n) is 6.58. The summed E-state index contributed by atoms with van der Waals surface area (Å²) in [6.45, 7) is 4.21. The van der Waals surface area contributed by atoms with Gasteiger partial charge in [-0.3, -0.25) is 5.32 Å². The summed E-state index contributed by atoms with van der Waals surface area (Å²) >= 11 is 0. The molecule has 1 heterocycles. The van der Waals surface area contributed by atoms with Crippen molar-refractivity contribution in [1.29, 1.82) is 0 Å². The molecule has 0 radical (unpaired) electrons. The van der Waals surface area contributed by atoms with Crippen molar-refractivity contribution in [2.24, 2.45) is 5.92 Å². The van der Waals surface area contributed by atoms with Gasteiger partial charge in [0, 0.05) is 11.2 Å². The second kappa shape index (κ2) is 5.08. The van der Waals surface area contributed by atoms with E-state index >= 15 is 0 Å². The summed E-state index contributed by atoms with van der Waals surface area (Å²) in [6, 6.07) is 3.84. The zero-order valence-electron chi connectivity index (χ0n) is 12.3. The number of hydrogen-bond donors (Lipinski definition) is 2. The van der Waals surface area contributed by atoms with Crippen molar-refractivity contribution >= 4 is 11.8 Å². The quantitative estimate of drug-likeness (QED) is 0.888. The highest BCUT2D eigenvalue weighted by Gasteiger charge is 2.35. The first-order valence-electron chi connectivity index (χ1n) is 7.62. The second-order valence-corrected chi connectivity index (χ2v) is 6.58. The standard InChI is InChI=1S/C16H23N3O/c1-16(2,12-6-4-7-12)19-15(20)18-14-10-9-11-5-3-8-13(11)17-14/h9-10,12H,3-8H2,1-2H3,(H2,17,18,19,20). The van der Waals surface area contributed by atoms with Crippen LogP contribution in [-0.4, -0.2) is 16.6 Å². The highest BCUT2D eigenvalue weighted by atomic mass is 16.2. The topological polar surface area (TPSA) is 54.0 Å². The molecule has 2 aliphatic rings. The lowest BCUT2D eigenvalue weighted by Crippen LogP contribution is -2.52.